The minimum atomic E-state index is -1.05. The van der Waals surface area contributed by atoms with Crippen molar-refractivity contribution in [2.24, 2.45) is 0 Å². The highest BCUT2D eigenvalue weighted by molar-refractivity contribution is 6.33. The number of carboxylic acid groups (broad SMARTS) is 1. The molecule has 0 bridgehead atoms. The Labute approximate surface area is 120 Å². The van der Waals surface area contributed by atoms with E-state index in [4.69, 9.17) is 28.3 Å². The Morgan fingerprint density at radius 3 is 2.53 bits per heavy atom. The van der Waals surface area contributed by atoms with Crippen molar-refractivity contribution in [3.8, 4) is 0 Å². The first-order valence-corrected chi connectivity index (χ1v) is 6.33. The molecule has 2 aromatic rings. The van der Waals surface area contributed by atoms with E-state index in [2.05, 4.69) is 5.32 Å². The number of carboxylic acids is 1. The molecule has 0 unspecified atom stereocenters. The van der Waals surface area contributed by atoms with E-state index in [-0.39, 0.29) is 10.6 Å². The number of anilines is 1. The average Bonchev–Trinajstić information content (AvgIpc) is 2.39. The fourth-order valence-electron chi connectivity index (χ4n) is 1.64. The molecule has 19 heavy (non-hydrogen) atoms. The Kier molecular flexibility index (Phi) is 4.30. The molecule has 0 aliphatic rings. The lowest BCUT2D eigenvalue weighted by atomic mass is 10.2. The van der Waals surface area contributed by atoms with E-state index in [9.17, 15) is 4.79 Å². The first kappa shape index (κ1) is 13.7. The van der Waals surface area contributed by atoms with Crippen molar-refractivity contribution in [2.45, 2.75) is 6.54 Å². The predicted octanol–water partition coefficient (Wildman–Crippen LogP) is 4.30. The summed E-state index contributed by atoms with van der Waals surface area (Å²) in [6.07, 6.45) is 0. The number of hydrogen-bond acceptors (Lipinski definition) is 2. The van der Waals surface area contributed by atoms with Gasteiger partial charge >= 0.3 is 5.97 Å². The van der Waals surface area contributed by atoms with Gasteiger partial charge < -0.3 is 10.4 Å². The van der Waals surface area contributed by atoms with E-state index in [0.717, 1.165) is 5.56 Å². The third kappa shape index (κ3) is 3.40. The van der Waals surface area contributed by atoms with E-state index >= 15 is 0 Å². The van der Waals surface area contributed by atoms with Gasteiger partial charge in [0.15, 0.2) is 0 Å². The predicted molar refractivity (Wildman–Crippen MR) is 77.2 cm³/mol. The van der Waals surface area contributed by atoms with Gasteiger partial charge in [-0.05, 0) is 29.8 Å². The fraction of sp³-hybridized carbons (Fsp3) is 0.0714. The maximum atomic E-state index is 11.0. The van der Waals surface area contributed by atoms with Gasteiger partial charge in [-0.1, -0.05) is 41.4 Å². The molecule has 98 valence electrons. The minimum absolute atomic E-state index is 0.0748. The maximum Gasteiger partial charge on any atom is 0.337 e. The second-order valence-electron chi connectivity index (χ2n) is 3.94. The van der Waals surface area contributed by atoms with E-state index in [1.165, 1.54) is 6.07 Å². The summed E-state index contributed by atoms with van der Waals surface area (Å²) in [4.78, 5) is 11.0. The summed E-state index contributed by atoms with van der Waals surface area (Å²) < 4.78 is 0. The zero-order valence-electron chi connectivity index (χ0n) is 9.86. The van der Waals surface area contributed by atoms with Gasteiger partial charge in [0.05, 0.1) is 10.6 Å². The molecule has 2 aromatic carbocycles. The van der Waals surface area contributed by atoms with Gasteiger partial charge in [-0.2, -0.15) is 0 Å². The second kappa shape index (κ2) is 5.95. The van der Waals surface area contributed by atoms with Crippen LogP contribution >= 0.6 is 23.2 Å². The molecule has 0 fully saturated rings. The van der Waals surface area contributed by atoms with Crippen molar-refractivity contribution in [3.63, 3.8) is 0 Å². The van der Waals surface area contributed by atoms with Crippen LogP contribution in [-0.2, 0) is 6.54 Å². The molecule has 0 aliphatic heterocycles. The van der Waals surface area contributed by atoms with Crippen LogP contribution < -0.4 is 5.32 Å². The molecule has 2 N–H and O–H groups in total. The third-order valence-electron chi connectivity index (χ3n) is 2.64. The topological polar surface area (TPSA) is 49.3 Å². The lowest BCUT2D eigenvalue weighted by molar-refractivity contribution is 0.0697. The van der Waals surface area contributed by atoms with Crippen molar-refractivity contribution >= 4 is 34.9 Å². The number of aromatic carboxylic acids is 1. The Morgan fingerprint density at radius 1 is 1.11 bits per heavy atom. The third-order valence-corrected chi connectivity index (χ3v) is 3.34. The number of rotatable bonds is 4. The molecule has 2 rings (SSSR count). The summed E-state index contributed by atoms with van der Waals surface area (Å²) in [6, 6.07) is 12.3. The summed E-state index contributed by atoms with van der Waals surface area (Å²) in [5.41, 5.74) is 1.70. The first-order valence-electron chi connectivity index (χ1n) is 5.58. The largest absolute Gasteiger partial charge is 0.478 e. The number of halogens is 2. The lowest BCUT2D eigenvalue weighted by Gasteiger charge is -2.09. The SMILES string of the molecule is O=C(O)c1cc(NCc2ccccc2Cl)ccc1Cl. The zero-order chi connectivity index (χ0) is 13.8. The highest BCUT2D eigenvalue weighted by atomic mass is 35.5. The smallest absolute Gasteiger partial charge is 0.337 e. The second-order valence-corrected chi connectivity index (χ2v) is 4.76. The van der Waals surface area contributed by atoms with Crippen molar-refractivity contribution in [2.75, 3.05) is 5.32 Å². The maximum absolute atomic E-state index is 11.0. The van der Waals surface area contributed by atoms with Crippen molar-refractivity contribution in [3.05, 3.63) is 63.6 Å². The molecule has 0 spiro atoms. The van der Waals surface area contributed by atoms with E-state index < -0.39 is 5.97 Å². The van der Waals surface area contributed by atoms with Gasteiger partial charge in [-0.3, -0.25) is 0 Å². The zero-order valence-corrected chi connectivity index (χ0v) is 11.4. The van der Waals surface area contributed by atoms with Gasteiger partial charge in [0.2, 0.25) is 0 Å². The number of hydrogen-bond donors (Lipinski definition) is 2. The van der Waals surface area contributed by atoms with Crippen LogP contribution in [0.4, 0.5) is 5.69 Å². The van der Waals surface area contributed by atoms with Crippen molar-refractivity contribution in [1.29, 1.82) is 0 Å². The normalized spacial score (nSPS) is 10.2. The molecule has 0 radical (unpaired) electrons. The summed E-state index contributed by atoms with van der Waals surface area (Å²) in [6.45, 7) is 0.514. The molecule has 0 amide bonds. The van der Waals surface area contributed by atoms with Crippen LogP contribution in [0.2, 0.25) is 10.0 Å². The van der Waals surface area contributed by atoms with E-state index in [0.29, 0.717) is 17.3 Å². The molecule has 0 atom stereocenters. The molecule has 3 nitrogen and oxygen atoms in total. The molecule has 0 aliphatic carbocycles. The molecule has 0 heterocycles. The lowest BCUT2D eigenvalue weighted by Crippen LogP contribution is -2.03. The molecule has 0 saturated heterocycles. The molecular weight excluding hydrogens is 285 g/mol. The minimum Gasteiger partial charge on any atom is -0.478 e. The van der Waals surface area contributed by atoms with Crippen LogP contribution in [0, 0.1) is 0 Å². The Balaban J connectivity index is 2.14. The molecular formula is C14H11Cl2NO2. The molecule has 0 aromatic heterocycles. The van der Waals surface area contributed by atoms with E-state index in [1.54, 1.807) is 12.1 Å². The van der Waals surface area contributed by atoms with Crippen LogP contribution in [-0.4, -0.2) is 11.1 Å². The Morgan fingerprint density at radius 2 is 1.84 bits per heavy atom. The van der Waals surface area contributed by atoms with E-state index in [1.807, 2.05) is 24.3 Å². The molecule has 5 heteroatoms. The van der Waals surface area contributed by atoms with Crippen LogP contribution in [0.15, 0.2) is 42.5 Å². The Bertz CT molecular complexity index is 614. The summed E-state index contributed by atoms with van der Waals surface area (Å²) in [5, 5.41) is 13.0. The highest BCUT2D eigenvalue weighted by Gasteiger charge is 2.09. The first-order chi connectivity index (χ1) is 9.08. The fourth-order valence-corrected chi connectivity index (χ4v) is 2.04. The average molecular weight is 296 g/mol. The van der Waals surface area contributed by atoms with Gasteiger partial charge in [0, 0.05) is 17.3 Å². The van der Waals surface area contributed by atoms with Crippen molar-refractivity contribution < 1.29 is 9.90 Å². The van der Waals surface area contributed by atoms with Crippen LogP contribution in [0.5, 0.6) is 0 Å². The monoisotopic (exact) mass is 295 g/mol. The van der Waals surface area contributed by atoms with Crippen molar-refractivity contribution in [1.82, 2.24) is 0 Å². The van der Waals surface area contributed by atoms with Crippen LogP contribution in [0.1, 0.15) is 15.9 Å². The number of nitrogens with one attached hydrogen (secondary N) is 1. The summed E-state index contributed by atoms with van der Waals surface area (Å²) in [5.74, 6) is -1.05. The van der Waals surface area contributed by atoms with Gasteiger partial charge in [0.1, 0.15) is 0 Å². The molecule has 0 saturated carbocycles. The standard InChI is InChI=1S/C14H11Cl2NO2/c15-12-4-2-1-3-9(12)8-17-10-5-6-13(16)11(7-10)14(18)19/h1-7,17H,8H2,(H,18,19). The quantitative estimate of drug-likeness (QED) is 0.884. The highest BCUT2D eigenvalue weighted by Crippen LogP contribution is 2.22. The number of benzene rings is 2. The number of carbonyl (C=O) groups is 1. The summed E-state index contributed by atoms with van der Waals surface area (Å²) >= 11 is 11.8. The summed E-state index contributed by atoms with van der Waals surface area (Å²) in [7, 11) is 0. The van der Waals surface area contributed by atoms with Crippen LogP contribution in [0.25, 0.3) is 0 Å². The Hall–Kier alpha value is -1.71. The van der Waals surface area contributed by atoms with Gasteiger partial charge in [-0.15, -0.1) is 0 Å². The van der Waals surface area contributed by atoms with Gasteiger partial charge in [0.25, 0.3) is 0 Å². The van der Waals surface area contributed by atoms with Crippen LogP contribution in [0.3, 0.4) is 0 Å². The van der Waals surface area contributed by atoms with Gasteiger partial charge in [-0.25, -0.2) is 4.79 Å².